The molecule has 0 bridgehead atoms. The molecular weight excluding hydrogens is 430 g/mol. The van der Waals surface area contributed by atoms with Gasteiger partial charge in [-0.15, -0.1) is 5.10 Å². The molecule has 156 valence electrons. The zero-order valence-corrected chi connectivity index (χ0v) is 17.4. The number of amidine groups is 1. The number of hydrogen-bond acceptors (Lipinski definition) is 7. The highest BCUT2D eigenvalue weighted by Gasteiger charge is 2.32. The molecule has 1 unspecified atom stereocenters. The van der Waals surface area contributed by atoms with Crippen LogP contribution in [0.15, 0.2) is 52.7 Å². The molecule has 1 aliphatic heterocycles. The number of hydrogen-bond donors (Lipinski definition) is 2. The molecule has 10 heteroatoms. The maximum Gasteiger partial charge on any atom is 0.305 e. The van der Waals surface area contributed by atoms with Crippen LogP contribution >= 0.6 is 23.4 Å². The lowest BCUT2D eigenvalue weighted by Gasteiger charge is -2.11. The van der Waals surface area contributed by atoms with E-state index in [9.17, 15) is 9.59 Å². The Kier molecular flexibility index (Phi) is 7.31. The minimum atomic E-state index is -1.04. The molecule has 1 amide bonds. The van der Waals surface area contributed by atoms with Crippen molar-refractivity contribution in [1.29, 1.82) is 0 Å². The standard InChI is InChI=1S/C20H18ClN3O5S/c1-28-16-8-12(5-6-15(16)29-11-13-3-2-4-14(21)7-13)10-22-24-20-23-19(27)17(30-20)9-18(25)26/h2-8,10,17H,9,11H2,1H3,(H,25,26)(H,23,24,27). The maximum absolute atomic E-state index is 11.7. The molecule has 1 heterocycles. The zero-order valence-electron chi connectivity index (χ0n) is 15.9. The molecule has 0 radical (unpaired) electrons. The van der Waals surface area contributed by atoms with Crippen molar-refractivity contribution in [3.05, 3.63) is 58.6 Å². The van der Waals surface area contributed by atoms with Crippen LogP contribution in [-0.4, -0.2) is 40.7 Å². The first-order valence-corrected chi connectivity index (χ1v) is 10.1. The number of rotatable bonds is 8. The summed E-state index contributed by atoms with van der Waals surface area (Å²) in [5.74, 6) is -0.342. The Hall–Kier alpha value is -3.04. The fourth-order valence-electron chi connectivity index (χ4n) is 2.56. The Morgan fingerprint density at radius 3 is 2.87 bits per heavy atom. The number of carbonyl (C=O) groups is 2. The van der Waals surface area contributed by atoms with E-state index in [2.05, 4.69) is 15.5 Å². The SMILES string of the molecule is COc1cc(C=NN=C2NC(=O)C(CC(=O)O)S2)ccc1OCc1cccc(Cl)c1. The van der Waals surface area contributed by atoms with Gasteiger partial charge in [0.05, 0.1) is 19.7 Å². The average molecular weight is 448 g/mol. The van der Waals surface area contributed by atoms with Gasteiger partial charge in [0.2, 0.25) is 5.91 Å². The second-order valence-electron chi connectivity index (χ2n) is 6.17. The molecule has 2 aromatic carbocycles. The largest absolute Gasteiger partial charge is 0.493 e. The van der Waals surface area contributed by atoms with Crippen LogP contribution in [0.4, 0.5) is 0 Å². The van der Waals surface area contributed by atoms with E-state index in [4.69, 9.17) is 26.2 Å². The second kappa shape index (κ2) is 10.1. The molecule has 30 heavy (non-hydrogen) atoms. The normalized spacial score (nSPS) is 17.3. The lowest BCUT2D eigenvalue weighted by atomic mass is 10.2. The van der Waals surface area contributed by atoms with E-state index in [1.165, 1.54) is 13.3 Å². The zero-order chi connectivity index (χ0) is 21.5. The van der Waals surface area contributed by atoms with Gasteiger partial charge >= 0.3 is 5.97 Å². The predicted molar refractivity (Wildman–Crippen MR) is 116 cm³/mol. The van der Waals surface area contributed by atoms with Gasteiger partial charge in [0.1, 0.15) is 11.9 Å². The summed E-state index contributed by atoms with van der Waals surface area (Å²) in [6.07, 6.45) is 1.22. The number of carboxylic acid groups (broad SMARTS) is 1. The van der Waals surface area contributed by atoms with Gasteiger partial charge in [-0.1, -0.05) is 35.5 Å². The molecule has 0 aliphatic carbocycles. The number of amides is 1. The van der Waals surface area contributed by atoms with Crippen molar-refractivity contribution < 1.29 is 24.2 Å². The molecule has 0 spiro atoms. The maximum atomic E-state index is 11.7. The summed E-state index contributed by atoms with van der Waals surface area (Å²) in [7, 11) is 1.54. The molecule has 8 nitrogen and oxygen atoms in total. The minimum Gasteiger partial charge on any atom is -0.493 e. The van der Waals surface area contributed by atoms with E-state index in [-0.39, 0.29) is 17.5 Å². The first-order valence-electron chi connectivity index (χ1n) is 8.80. The van der Waals surface area contributed by atoms with E-state index < -0.39 is 11.2 Å². The van der Waals surface area contributed by atoms with Crippen LogP contribution in [0.5, 0.6) is 11.5 Å². The van der Waals surface area contributed by atoms with E-state index in [1.54, 1.807) is 24.3 Å². The quantitative estimate of drug-likeness (QED) is 0.474. The summed E-state index contributed by atoms with van der Waals surface area (Å²) < 4.78 is 11.2. The van der Waals surface area contributed by atoms with E-state index in [0.717, 1.165) is 17.3 Å². The minimum absolute atomic E-state index is 0.260. The number of benzene rings is 2. The van der Waals surface area contributed by atoms with Crippen molar-refractivity contribution >= 4 is 46.6 Å². The Morgan fingerprint density at radius 2 is 2.13 bits per heavy atom. The topological polar surface area (TPSA) is 110 Å². The summed E-state index contributed by atoms with van der Waals surface area (Å²) in [6.45, 7) is 0.340. The summed E-state index contributed by atoms with van der Waals surface area (Å²) in [6, 6.07) is 12.7. The molecule has 3 rings (SSSR count). The van der Waals surface area contributed by atoms with Gasteiger partial charge in [-0.2, -0.15) is 5.10 Å². The Morgan fingerprint density at radius 1 is 1.30 bits per heavy atom. The first-order chi connectivity index (χ1) is 14.4. The van der Waals surface area contributed by atoms with E-state index in [0.29, 0.717) is 28.7 Å². The lowest BCUT2D eigenvalue weighted by Crippen LogP contribution is -2.26. The summed E-state index contributed by atoms with van der Waals surface area (Å²) in [4.78, 5) is 22.4. The van der Waals surface area contributed by atoms with Gasteiger partial charge < -0.3 is 19.9 Å². The van der Waals surface area contributed by atoms with Crippen molar-refractivity contribution in [2.45, 2.75) is 18.3 Å². The van der Waals surface area contributed by atoms with Crippen LogP contribution in [0.25, 0.3) is 0 Å². The third kappa shape index (κ3) is 5.98. The monoisotopic (exact) mass is 447 g/mol. The van der Waals surface area contributed by atoms with E-state index in [1.807, 2.05) is 18.2 Å². The van der Waals surface area contributed by atoms with Crippen molar-refractivity contribution in [3.63, 3.8) is 0 Å². The van der Waals surface area contributed by atoms with Crippen LogP contribution in [0.2, 0.25) is 5.02 Å². The summed E-state index contributed by atoms with van der Waals surface area (Å²) >= 11 is 7.02. The number of ether oxygens (including phenoxy) is 2. The number of nitrogens with zero attached hydrogens (tertiary/aromatic N) is 2. The van der Waals surface area contributed by atoms with Gasteiger partial charge in [0.25, 0.3) is 0 Å². The van der Waals surface area contributed by atoms with Crippen molar-refractivity contribution in [1.82, 2.24) is 5.32 Å². The molecule has 1 aliphatic rings. The molecule has 1 atom stereocenters. The number of thioether (sulfide) groups is 1. The van der Waals surface area contributed by atoms with Crippen LogP contribution in [0.3, 0.4) is 0 Å². The highest BCUT2D eigenvalue weighted by atomic mass is 35.5. The lowest BCUT2D eigenvalue weighted by molar-refractivity contribution is -0.138. The molecular formula is C20H18ClN3O5S. The number of carbonyl (C=O) groups excluding carboxylic acids is 1. The molecule has 0 saturated carbocycles. The molecule has 2 N–H and O–H groups in total. The fraction of sp³-hybridized carbons (Fsp3) is 0.200. The smallest absolute Gasteiger partial charge is 0.305 e. The Bertz CT molecular complexity index is 1010. The second-order valence-corrected chi connectivity index (χ2v) is 7.80. The molecule has 1 saturated heterocycles. The van der Waals surface area contributed by atoms with Crippen molar-refractivity contribution in [3.8, 4) is 11.5 Å². The van der Waals surface area contributed by atoms with Crippen LogP contribution < -0.4 is 14.8 Å². The predicted octanol–water partition coefficient (Wildman–Crippen LogP) is 3.32. The Balaban J connectivity index is 1.63. The van der Waals surface area contributed by atoms with Gasteiger partial charge in [0, 0.05) is 5.02 Å². The summed E-state index contributed by atoms with van der Waals surface area (Å²) in [5, 5.41) is 19.4. The van der Waals surface area contributed by atoms with Crippen LogP contribution in [-0.2, 0) is 16.2 Å². The number of nitrogens with one attached hydrogen (secondary N) is 1. The molecule has 0 aromatic heterocycles. The highest BCUT2D eigenvalue weighted by molar-refractivity contribution is 8.15. The average Bonchev–Trinajstić information content (AvgIpc) is 3.05. The first kappa shape index (κ1) is 21.7. The van der Waals surface area contributed by atoms with Crippen molar-refractivity contribution in [2.24, 2.45) is 10.2 Å². The van der Waals surface area contributed by atoms with Gasteiger partial charge in [-0.05, 0) is 41.5 Å². The fourth-order valence-corrected chi connectivity index (χ4v) is 3.69. The molecule has 2 aromatic rings. The van der Waals surface area contributed by atoms with E-state index >= 15 is 0 Å². The third-order valence-electron chi connectivity index (χ3n) is 3.96. The third-order valence-corrected chi connectivity index (χ3v) is 5.27. The number of halogens is 1. The van der Waals surface area contributed by atoms with Gasteiger partial charge in [0.15, 0.2) is 16.7 Å². The Labute approximate surface area is 181 Å². The van der Waals surface area contributed by atoms with Gasteiger partial charge in [-0.25, -0.2) is 0 Å². The summed E-state index contributed by atoms with van der Waals surface area (Å²) in [5.41, 5.74) is 1.64. The van der Waals surface area contributed by atoms with Crippen LogP contribution in [0.1, 0.15) is 17.5 Å². The van der Waals surface area contributed by atoms with Crippen LogP contribution in [0, 0.1) is 0 Å². The van der Waals surface area contributed by atoms with Gasteiger partial charge in [-0.3, -0.25) is 9.59 Å². The number of aliphatic carboxylic acids is 1. The number of carboxylic acids is 1. The van der Waals surface area contributed by atoms with Crippen molar-refractivity contribution in [2.75, 3.05) is 7.11 Å². The number of methoxy groups -OCH3 is 1. The highest BCUT2D eigenvalue weighted by Crippen LogP contribution is 2.29. The molecule has 1 fully saturated rings.